The van der Waals surface area contributed by atoms with E-state index in [1.165, 1.54) is 12.8 Å². The average molecular weight is 341 g/mol. The second-order valence-electron chi connectivity index (χ2n) is 6.75. The van der Waals surface area contributed by atoms with Gasteiger partial charge in [0.05, 0.1) is 12.1 Å². The lowest BCUT2D eigenvalue weighted by atomic mass is 10.2. The number of nitrogens with one attached hydrogen (secondary N) is 1. The van der Waals surface area contributed by atoms with Crippen LogP contribution >= 0.6 is 0 Å². The molecule has 0 unspecified atom stereocenters. The Hall–Kier alpha value is -2.14. The second kappa shape index (κ2) is 8.30. The fourth-order valence-corrected chi connectivity index (χ4v) is 3.28. The number of hydrogen-bond donors (Lipinski definition) is 1. The first-order chi connectivity index (χ1) is 12.2. The summed E-state index contributed by atoms with van der Waals surface area (Å²) in [5, 5.41) is 3.16. The SMILES string of the molecule is CC[C@@H](CN1CCCC1)NC(=O)Cc1nc(-c2ccccc2)oc1C. The molecule has 1 aromatic heterocycles. The van der Waals surface area contributed by atoms with Crippen molar-refractivity contribution in [3.8, 4) is 11.5 Å². The highest BCUT2D eigenvalue weighted by molar-refractivity contribution is 5.78. The Morgan fingerprint density at radius 1 is 1.28 bits per heavy atom. The minimum Gasteiger partial charge on any atom is -0.441 e. The molecule has 1 amide bonds. The molecule has 2 heterocycles. The molecule has 3 rings (SSSR count). The minimum atomic E-state index is 0.0158. The number of benzene rings is 1. The van der Waals surface area contributed by atoms with Gasteiger partial charge in [-0.25, -0.2) is 4.98 Å². The normalized spacial score (nSPS) is 16.1. The second-order valence-corrected chi connectivity index (χ2v) is 6.75. The van der Waals surface area contributed by atoms with Gasteiger partial charge in [0, 0.05) is 18.2 Å². The van der Waals surface area contributed by atoms with Crippen molar-refractivity contribution in [3.05, 3.63) is 41.8 Å². The van der Waals surface area contributed by atoms with Gasteiger partial charge < -0.3 is 14.6 Å². The summed E-state index contributed by atoms with van der Waals surface area (Å²) in [4.78, 5) is 19.4. The molecule has 0 radical (unpaired) electrons. The number of oxazole rings is 1. The van der Waals surface area contributed by atoms with Gasteiger partial charge in [-0.15, -0.1) is 0 Å². The van der Waals surface area contributed by atoms with E-state index in [1.807, 2.05) is 37.3 Å². The Bertz CT molecular complexity index is 690. The summed E-state index contributed by atoms with van der Waals surface area (Å²) in [6.07, 6.45) is 3.74. The fraction of sp³-hybridized carbons (Fsp3) is 0.500. The first-order valence-electron chi connectivity index (χ1n) is 9.19. The molecule has 25 heavy (non-hydrogen) atoms. The first kappa shape index (κ1) is 17.7. The number of aryl methyl sites for hydroxylation is 1. The van der Waals surface area contributed by atoms with Crippen molar-refractivity contribution in [3.63, 3.8) is 0 Å². The van der Waals surface area contributed by atoms with Crippen LogP contribution in [-0.2, 0) is 11.2 Å². The highest BCUT2D eigenvalue weighted by Crippen LogP contribution is 2.21. The summed E-state index contributed by atoms with van der Waals surface area (Å²) in [6.45, 7) is 7.22. The van der Waals surface area contributed by atoms with E-state index in [9.17, 15) is 4.79 Å². The lowest BCUT2D eigenvalue weighted by Crippen LogP contribution is -2.43. The summed E-state index contributed by atoms with van der Waals surface area (Å²) in [5.74, 6) is 1.30. The van der Waals surface area contributed by atoms with Crippen LogP contribution < -0.4 is 5.32 Å². The van der Waals surface area contributed by atoms with Crippen LogP contribution in [0.1, 0.15) is 37.6 Å². The monoisotopic (exact) mass is 341 g/mol. The van der Waals surface area contributed by atoms with Crippen molar-refractivity contribution in [2.45, 2.75) is 45.6 Å². The molecule has 1 fully saturated rings. The smallest absolute Gasteiger partial charge is 0.226 e. The Kier molecular flexibility index (Phi) is 5.87. The molecule has 1 aliphatic heterocycles. The molecular formula is C20H27N3O2. The number of carbonyl (C=O) groups excluding carboxylic acids is 1. The molecule has 1 aromatic carbocycles. The molecule has 5 heteroatoms. The van der Waals surface area contributed by atoms with Gasteiger partial charge in [-0.05, 0) is 51.4 Å². The van der Waals surface area contributed by atoms with Crippen molar-refractivity contribution >= 4 is 5.91 Å². The van der Waals surface area contributed by atoms with E-state index in [4.69, 9.17) is 4.42 Å². The van der Waals surface area contributed by atoms with Crippen LogP contribution in [0.15, 0.2) is 34.7 Å². The summed E-state index contributed by atoms with van der Waals surface area (Å²) < 4.78 is 5.74. The number of carbonyl (C=O) groups is 1. The molecule has 0 spiro atoms. The summed E-state index contributed by atoms with van der Waals surface area (Å²) in [6, 6.07) is 9.97. The van der Waals surface area contributed by atoms with Crippen LogP contribution in [0, 0.1) is 6.92 Å². The minimum absolute atomic E-state index is 0.0158. The van der Waals surface area contributed by atoms with Crippen molar-refractivity contribution in [1.82, 2.24) is 15.2 Å². The largest absolute Gasteiger partial charge is 0.441 e. The number of likely N-dealkylation sites (tertiary alicyclic amines) is 1. The number of rotatable bonds is 7. The van der Waals surface area contributed by atoms with E-state index in [1.54, 1.807) is 0 Å². The summed E-state index contributed by atoms with van der Waals surface area (Å²) >= 11 is 0. The maximum atomic E-state index is 12.4. The van der Waals surface area contributed by atoms with Gasteiger partial charge in [0.25, 0.3) is 0 Å². The molecular weight excluding hydrogens is 314 g/mol. The third-order valence-electron chi connectivity index (χ3n) is 4.78. The maximum absolute atomic E-state index is 12.4. The van der Waals surface area contributed by atoms with E-state index >= 15 is 0 Å². The molecule has 0 saturated carbocycles. The third kappa shape index (κ3) is 4.69. The first-order valence-corrected chi connectivity index (χ1v) is 9.19. The van der Waals surface area contributed by atoms with Crippen LogP contribution in [0.4, 0.5) is 0 Å². The van der Waals surface area contributed by atoms with E-state index in [2.05, 4.69) is 22.1 Å². The van der Waals surface area contributed by atoms with Crippen molar-refractivity contribution < 1.29 is 9.21 Å². The number of hydrogen-bond acceptors (Lipinski definition) is 4. The lowest BCUT2D eigenvalue weighted by molar-refractivity contribution is -0.121. The van der Waals surface area contributed by atoms with Gasteiger partial charge in [-0.2, -0.15) is 0 Å². The van der Waals surface area contributed by atoms with Gasteiger partial charge in [0.1, 0.15) is 5.76 Å². The van der Waals surface area contributed by atoms with Gasteiger partial charge >= 0.3 is 0 Å². The zero-order valence-corrected chi connectivity index (χ0v) is 15.1. The Labute approximate surface area is 149 Å². The highest BCUT2D eigenvalue weighted by atomic mass is 16.4. The van der Waals surface area contributed by atoms with Gasteiger partial charge in [-0.3, -0.25) is 4.79 Å². The van der Waals surface area contributed by atoms with Gasteiger partial charge in [-0.1, -0.05) is 25.1 Å². The molecule has 0 bridgehead atoms. The molecule has 1 saturated heterocycles. The molecule has 1 atom stereocenters. The van der Waals surface area contributed by atoms with Gasteiger partial charge in [0.15, 0.2) is 0 Å². The number of amides is 1. The molecule has 5 nitrogen and oxygen atoms in total. The van der Waals surface area contributed by atoms with Crippen molar-refractivity contribution in [2.75, 3.05) is 19.6 Å². The Morgan fingerprint density at radius 2 is 2.00 bits per heavy atom. The zero-order chi connectivity index (χ0) is 17.6. The van der Waals surface area contributed by atoms with E-state index in [0.29, 0.717) is 17.3 Å². The number of nitrogens with zero attached hydrogens (tertiary/aromatic N) is 2. The van der Waals surface area contributed by atoms with E-state index in [0.717, 1.165) is 31.6 Å². The topological polar surface area (TPSA) is 58.4 Å². The quantitative estimate of drug-likeness (QED) is 0.840. The average Bonchev–Trinajstić information content (AvgIpc) is 3.25. The summed E-state index contributed by atoms with van der Waals surface area (Å²) in [5.41, 5.74) is 1.64. The lowest BCUT2D eigenvalue weighted by Gasteiger charge is -2.23. The van der Waals surface area contributed by atoms with Crippen LogP contribution in [-0.4, -0.2) is 41.5 Å². The highest BCUT2D eigenvalue weighted by Gasteiger charge is 2.20. The molecule has 1 aliphatic rings. The summed E-state index contributed by atoms with van der Waals surface area (Å²) in [7, 11) is 0. The molecule has 134 valence electrons. The van der Waals surface area contributed by atoms with E-state index in [-0.39, 0.29) is 18.4 Å². The number of aromatic nitrogens is 1. The van der Waals surface area contributed by atoms with Crippen LogP contribution in [0.5, 0.6) is 0 Å². The standard InChI is InChI=1S/C20H27N3O2/c1-3-17(14-23-11-7-8-12-23)21-19(24)13-18-15(2)25-20(22-18)16-9-5-4-6-10-16/h4-6,9-10,17H,3,7-8,11-14H2,1-2H3,(H,21,24)/t17-/m0/s1. The zero-order valence-electron chi connectivity index (χ0n) is 15.1. The van der Waals surface area contributed by atoms with E-state index < -0.39 is 0 Å². The van der Waals surface area contributed by atoms with Gasteiger partial charge in [0.2, 0.25) is 11.8 Å². The fourth-order valence-electron chi connectivity index (χ4n) is 3.28. The molecule has 0 aliphatic carbocycles. The van der Waals surface area contributed by atoms with Crippen LogP contribution in [0.3, 0.4) is 0 Å². The predicted molar refractivity (Wildman–Crippen MR) is 98.3 cm³/mol. The Morgan fingerprint density at radius 3 is 2.68 bits per heavy atom. The molecule has 2 aromatic rings. The third-order valence-corrected chi connectivity index (χ3v) is 4.78. The molecule has 1 N–H and O–H groups in total. The van der Waals surface area contributed by atoms with Crippen molar-refractivity contribution in [2.24, 2.45) is 0 Å². The van der Waals surface area contributed by atoms with Crippen LogP contribution in [0.2, 0.25) is 0 Å². The predicted octanol–water partition coefficient (Wildman–Crippen LogP) is 3.18. The maximum Gasteiger partial charge on any atom is 0.226 e. The van der Waals surface area contributed by atoms with Crippen LogP contribution in [0.25, 0.3) is 11.5 Å². The Balaban J connectivity index is 1.59. The van der Waals surface area contributed by atoms with Crippen molar-refractivity contribution in [1.29, 1.82) is 0 Å².